The summed E-state index contributed by atoms with van der Waals surface area (Å²) >= 11 is 6.21. The Kier molecular flexibility index (Phi) is 8.26. The molecule has 3 atom stereocenters. The lowest BCUT2D eigenvalue weighted by molar-refractivity contribution is -0.128. The lowest BCUT2D eigenvalue weighted by atomic mass is 9.74. The molecule has 0 radical (unpaired) electrons. The van der Waals surface area contributed by atoms with E-state index in [9.17, 15) is 4.79 Å². The average Bonchev–Trinajstić information content (AvgIpc) is 2.95. The normalized spacial score (nSPS) is 28.7. The molecule has 0 aromatic carbocycles. The first kappa shape index (κ1) is 22.3. The fraction of sp³-hybridized carbons (Fsp3) is 0.647. The van der Waals surface area contributed by atoms with E-state index in [0.29, 0.717) is 5.02 Å². The van der Waals surface area contributed by atoms with Gasteiger partial charge in [-0.1, -0.05) is 24.4 Å². The van der Waals surface area contributed by atoms with Crippen LogP contribution in [0.15, 0.2) is 18.3 Å². The molecule has 1 amide bonds. The lowest BCUT2D eigenvalue weighted by Crippen LogP contribution is -2.54. The maximum atomic E-state index is 12.6. The molecule has 1 saturated carbocycles. The van der Waals surface area contributed by atoms with E-state index in [1.54, 1.807) is 6.20 Å². The minimum Gasteiger partial charge on any atom is -0.353 e. The zero-order valence-corrected chi connectivity index (χ0v) is 16.8. The first-order chi connectivity index (χ1) is 11.0. The van der Waals surface area contributed by atoms with Crippen LogP contribution in [0.25, 0.3) is 0 Å². The van der Waals surface area contributed by atoms with Gasteiger partial charge in [0.25, 0.3) is 0 Å². The number of amides is 1. The largest absolute Gasteiger partial charge is 0.353 e. The Morgan fingerprint density at radius 1 is 1.40 bits per heavy atom. The number of carbonyl (C=O) groups excluding carboxylic acids is 1. The van der Waals surface area contributed by atoms with Crippen molar-refractivity contribution in [1.82, 2.24) is 10.3 Å². The predicted molar refractivity (Wildman–Crippen MR) is 107 cm³/mol. The summed E-state index contributed by atoms with van der Waals surface area (Å²) in [7, 11) is 0. The molecule has 2 aliphatic rings. The van der Waals surface area contributed by atoms with Crippen LogP contribution in [0.5, 0.6) is 0 Å². The van der Waals surface area contributed by atoms with Gasteiger partial charge in [-0.2, -0.15) is 0 Å². The van der Waals surface area contributed by atoms with E-state index in [1.807, 2.05) is 19.1 Å². The summed E-state index contributed by atoms with van der Waals surface area (Å²) < 4.78 is 0. The van der Waals surface area contributed by atoms with Crippen molar-refractivity contribution in [2.75, 3.05) is 18.0 Å². The molecule has 5 nitrogen and oxygen atoms in total. The highest BCUT2D eigenvalue weighted by Gasteiger charge is 2.39. The van der Waals surface area contributed by atoms with Crippen molar-refractivity contribution in [2.45, 2.75) is 50.6 Å². The van der Waals surface area contributed by atoms with Gasteiger partial charge in [0.15, 0.2) is 0 Å². The topological polar surface area (TPSA) is 71.2 Å². The number of aromatic nitrogens is 1. The second-order valence-electron chi connectivity index (χ2n) is 7.05. The second kappa shape index (κ2) is 9.26. The number of hydrogen-bond donors (Lipinski definition) is 2. The molecule has 1 aromatic rings. The van der Waals surface area contributed by atoms with E-state index in [0.717, 1.165) is 51.0 Å². The molecular weight excluding hydrogens is 383 g/mol. The molecule has 0 spiro atoms. The van der Waals surface area contributed by atoms with Crippen LogP contribution >= 0.6 is 36.4 Å². The van der Waals surface area contributed by atoms with Crippen molar-refractivity contribution < 1.29 is 4.79 Å². The standard InChI is InChI=1S/C17H25ClN4O.2ClH/c1-17(19)8-3-2-5-13(17)16(23)21-12-7-10-22(11-12)15-14(18)6-4-9-20-15;;/h4,6,9,12-13H,2-3,5,7-8,10-11,19H2,1H3,(H,21,23);2*1H. The van der Waals surface area contributed by atoms with Crippen molar-refractivity contribution in [1.29, 1.82) is 0 Å². The highest BCUT2D eigenvalue weighted by Crippen LogP contribution is 2.32. The Balaban J connectivity index is 0.00000156. The number of rotatable bonds is 3. The van der Waals surface area contributed by atoms with Crippen molar-refractivity contribution in [2.24, 2.45) is 11.7 Å². The van der Waals surface area contributed by atoms with Crippen LogP contribution < -0.4 is 16.0 Å². The second-order valence-corrected chi connectivity index (χ2v) is 7.46. The number of nitrogens with two attached hydrogens (primary N) is 1. The van der Waals surface area contributed by atoms with Gasteiger partial charge in [-0.15, -0.1) is 24.8 Å². The minimum absolute atomic E-state index is 0. The van der Waals surface area contributed by atoms with Crippen LogP contribution in [-0.2, 0) is 4.79 Å². The van der Waals surface area contributed by atoms with Crippen molar-refractivity contribution in [3.8, 4) is 0 Å². The third kappa shape index (κ3) is 5.13. The van der Waals surface area contributed by atoms with Gasteiger partial charge >= 0.3 is 0 Å². The average molecular weight is 410 g/mol. The van der Waals surface area contributed by atoms with Gasteiger partial charge in [-0.25, -0.2) is 4.98 Å². The van der Waals surface area contributed by atoms with E-state index in [1.165, 1.54) is 0 Å². The molecule has 2 heterocycles. The summed E-state index contributed by atoms with van der Waals surface area (Å²) in [4.78, 5) is 19.1. The van der Waals surface area contributed by atoms with Crippen LogP contribution in [0.3, 0.4) is 0 Å². The molecule has 3 unspecified atom stereocenters. The lowest BCUT2D eigenvalue weighted by Gasteiger charge is -2.37. The summed E-state index contributed by atoms with van der Waals surface area (Å²) in [6.45, 7) is 3.60. The molecule has 142 valence electrons. The Bertz CT molecular complexity index is 585. The summed E-state index contributed by atoms with van der Waals surface area (Å²) in [5, 5.41) is 3.85. The molecule has 1 aliphatic heterocycles. The predicted octanol–water partition coefficient (Wildman–Crippen LogP) is 3.18. The molecule has 8 heteroatoms. The van der Waals surface area contributed by atoms with Gasteiger partial charge in [-0.05, 0) is 38.3 Å². The molecule has 1 saturated heterocycles. The summed E-state index contributed by atoms with van der Waals surface area (Å²) in [6, 6.07) is 3.81. The van der Waals surface area contributed by atoms with Crippen LogP contribution in [0.2, 0.25) is 5.02 Å². The van der Waals surface area contributed by atoms with E-state index in [-0.39, 0.29) is 48.2 Å². The van der Waals surface area contributed by atoms with Crippen molar-refractivity contribution in [3.63, 3.8) is 0 Å². The maximum Gasteiger partial charge on any atom is 0.225 e. The smallest absolute Gasteiger partial charge is 0.225 e. The van der Waals surface area contributed by atoms with Crippen molar-refractivity contribution in [3.05, 3.63) is 23.4 Å². The van der Waals surface area contributed by atoms with Gasteiger partial charge in [0.2, 0.25) is 5.91 Å². The summed E-state index contributed by atoms with van der Waals surface area (Å²) in [5.74, 6) is 0.824. The maximum absolute atomic E-state index is 12.6. The number of nitrogens with one attached hydrogen (secondary N) is 1. The van der Waals surface area contributed by atoms with E-state index < -0.39 is 0 Å². The van der Waals surface area contributed by atoms with Crippen LogP contribution in [0.4, 0.5) is 5.82 Å². The molecule has 0 bridgehead atoms. The summed E-state index contributed by atoms with van der Waals surface area (Å²) in [6.07, 6.45) is 6.67. The van der Waals surface area contributed by atoms with Crippen LogP contribution in [-0.4, -0.2) is 35.6 Å². The Labute approximate surface area is 166 Å². The first-order valence-corrected chi connectivity index (χ1v) is 8.80. The number of anilines is 1. The number of nitrogens with zero attached hydrogens (tertiary/aromatic N) is 2. The number of hydrogen-bond acceptors (Lipinski definition) is 4. The summed E-state index contributed by atoms with van der Waals surface area (Å²) in [5.41, 5.74) is 5.95. The van der Waals surface area contributed by atoms with E-state index in [4.69, 9.17) is 17.3 Å². The molecule has 3 rings (SSSR count). The Morgan fingerprint density at radius 3 is 2.84 bits per heavy atom. The van der Waals surface area contributed by atoms with Crippen molar-refractivity contribution >= 4 is 48.1 Å². The fourth-order valence-electron chi connectivity index (χ4n) is 3.77. The number of carbonyl (C=O) groups is 1. The minimum atomic E-state index is -0.384. The molecule has 3 N–H and O–H groups in total. The van der Waals surface area contributed by atoms with Gasteiger partial charge < -0.3 is 16.0 Å². The molecule has 25 heavy (non-hydrogen) atoms. The molecule has 1 aromatic heterocycles. The van der Waals surface area contributed by atoms with Gasteiger partial charge in [0.05, 0.1) is 10.9 Å². The fourth-order valence-corrected chi connectivity index (χ4v) is 4.01. The van der Waals surface area contributed by atoms with Crippen LogP contribution in [0, 0.1) is 5.92 Å². The molecule has 2 fully saturated rings. The Hall–Kier alpha value is -0.750. The molecular formula is C17H27Cl3N4O. The number of halogens is 3. The number of pyridine rings is 1. The zero-order valence-electron chi connectivity index (χ0n) is 14.4. The first-order valence-electron chi connectivity index (χ1n) is 8.42. The quantitative estimate of drug-likeness (QED) is 0.804. The highest BCUT2D eigenvalue weighted by molar-refractivity contribution is 6.32. The van der Waals surface area contributed by atoms with E-state index >= 15 is 0 Å². The monoisotopic (exact) mass is 408 g/mol. The third-order valence-corrected chi connectivity index (χ3v) is 5.44. The van der Waals surface area contributed by atoms with E-state index in [2.05, 4.69) is 15.2 Å². The third-order valence-electron chi connectivity index (χ3n) is 5.14. The zero-order chi connectivity index (χ0) is 16.4. The van der Waals surface area contributed by atoms with Gasteiger partial charge in [0, 0.05) is 30.9 Å². The molecule has 1 aliphatic carbocycles. The SMILES string of the molecule is CC1(N)CCCCC1C(=O)NC1CCN(c2ncccc2Cl)C1.Cl.Cl. The Morgan fingerprint density at radius 2 is 2.16 bits per heavy atom. The van der Waals surface area contributed by atoms with Crippen LogP contribution in [0.1, 0.15) is 39.0 Å². The highest BCUT2D eigenvalue weighted by atomic mass is 35.5. The van der Waals surface area contributed by atoms with Gasteiger partial charge in [-0.3, -0.25) is 4.79 Å². The van der Waals surface area contributed by atoms with Gasteiger partial charge in [0.1, 0.15) is 5.82 Å².